The molecule has 18 heavy (non-hydrogen) atoms. The van der Waals surface area contributed by atoms with Crippen molar-refractivity contribution in [2.24, 2.45) is 0 Å². The Morgan fingerprint density at radius 1 is 1.22 bits per heavy atom. The van der Waals surface area contributed by atoms with Gasteiger partial charge in [0.05, 0.1) is 0 Å². The Morgan fingerprint density at radius 3 is 2.33 bits per heavy atom. The van der Waals surface area contributed by atoms with Gasteiger partial charge in [-0.3, -0.25) is 9.89 Å². The lowest BCUT2D eigenvalue weighted by molar-refractivity contribution is -0.141. The van der Waals surface area contributed by atoms with Crippen LogP contribution in [-0.4, -0.2) is 14.6 Å². The van der Waals surface area contributed by atoms with Crippen molar-refractivity contribution in [3.8, 4) is 0 Å². The van der Waals surface area contributed by atoms with Crippen LogP contribution in [0.4, 0.5) is 13.2 Å². The molecule has 98 valence electrons. The maximum absolute atomic E-state index is 12.5. The fraction of sp³-hybridized carbons (Fsp3) is 0.455. The van der Waals surface area contributed by atoms with Gasteiger partial charge in [-0.1, -0.05) is 20.8 Å². The summed E-state index contributed by atoms with van der Waals surface area (Å²) in [5, 5.41) is 2.76. The smallest absolute Gasteiger partial charge is 0.293 e. The fourth-order valence-corrected chi connectivity index (χ4v) is 1.52. The molecule has 2 rings (SSSR count). The van der Waals surface area contributed by atoms with Crippen molar-refractivity contribution in [1.82, 2.24) is 14.6 Å². The van der Waals surface area contributed by atoms with E-state index in [9.17, 15) is 18.0 Å². The standard InChI is InChI=1S/C11H12F3N3O/c1-10(2,3)6-4-8-15-7(11(12,13)14)5-9(18)17(8)16-6/h4-5,16H,1-3H3. The Bertz CT molecular complexity index is 646. The second-order valence-electron chi connectivity index (χ2n) is 5.09. The van der Waals surface area contributed by atoms with E-state index in [1.807, 2.05) is 20.8 Å². The monoisotopic (exact) mass is 259 g/mol. The van der Waals surface area contributed by atoms with Gasteiger partial charge in [0, 0.05) is 23.2 Å². The molecule has 0 spiro atoms. The first-order valence-electron chi connectivity index (χ1n) is 5.29. The van der Waals surface area contributed by atoms with Crippen LogP contribution >= 0.6 is 0 Å². The molecule has 0 radical (unpaired) electrons. The number of alkyl halides is 3. The predicted molar refractivity (Wildman–Crippen MR) is 59.5 cm³/mol. The molecule has 0 amide bonds. The number of rotatable bonds is 0. The fourth-order valence-electron chi connectivity index (χ4n) is 1.52. The van der Waals surface area contributed by atoms with Crippen molar-refractivity contribution < 1.29 is 13.2 Å². The van der Waals surface area contributed by atoms with E-state index >= 15 is 0 Å². The normalized spacial score (nSPS) is 13.2. The molecule has 0 aromatic carbocycles. The third-order valence-electron chi connectivity index (χ3n) is 2.55. The number of hydrogen-bond donors (Lipinski definition) is 1. The molecule has 2 heterocycles. The molecule has 0 fully saturated rings. The Kier molecular flexibility index (Phi) is 2.53. The Morgan fingerprint density at radius 2 is 1.83 bits per heavy atom. The number of H-pyrrole nitrogens is 1. The molecule has 4 nitrogen and oxygen atoms in total. The van der Waals surface area contributed by atoms with Crippen LogP contribution in [0, 0.1) is 0 Å². The first-order valence-corrected chi connectivity index (χ1v) is 5.29. The Hall–Kier alpha value is -1.79. The molecule has 1 N–H and O–H groups in total. The number of hydrogen-bond acceptors (Lipinski definition) is 2. The minimum absolute atomic E-state index is 0.0280. The minimum atomic E-state index is -4.62. The lowest BCUT2D eigenvalue weighted by atomic mass is 9.93. The van der Waals surface area contributed by atoms with Gasteiger partial charge in [0.2, 0.25) is 0 Å². The van der Waals surface area contributed by atoms with E-state index in [4.69, 9.17) is 0 Å². The van der Waals surface area contributed by atoms with Crippen molar-refractivity contribution in [1.29, 1.82) is 0 Å². The van der Waals surface area contributed by atoms with Crippen LogP contribution in [0.5, 0.6) is 0 Å². The summed E-state index contributed by atoms with van der Waals surface area (Å²) in [6, 6.07) is 1.94. The van der Waals surface area contributed by atoms with Crippen LogP contribution in [0.25, 0.3) is 5.65 Å². The van der Waals surface area contributed by atoms with Crippen LogP contribution in [0.3, 0.4) is 0 Å². The number of nitrogens with zero attached hydrogens (tertiary/aromatic N) is 2. The third kappa shape index (κ3) is 2.12. The van der Waals surface area contributed by atoms with Gasteiger partial charge < -0.3 is 0 Å². The van der Waals surface area contributed by atoms with Crippen LogP contribution < -0.4 is 5.56 Å². The number of fused-ring (bicyclic) bond motifs is 1. The predicted octanol–water partition coefficient (Wildman–Crippen LogP) is 2.34. The lowest BCUT2D eigenvalue weighted by Gasteiger charge is -2.14. The van der Waals surface area contributed by atoms with Crippen LogP contribution in [0.1, 0.15) is 32.2 Å². The van der Waals surface area contributed by atoms with Gasteiger partial charge in [-0.2, -0.15) is 13.2 Å². The first kappa shape index (κ1) is 12.7. The van der Waals surface area contributed by atoms with E-state index in [1.54, 1.807) is 0 Å². The summed E-state index contributed by atoms with van der Waals surface area (Å²) in [6.07, 6.45) is -4.62. The SMILES string of the molecule is CC(C)(C)c1cc2nc(C(F)(F)F)cc(=O)n2[nH]1. The lowest BCUT2D eigenvalue weighted by Crippen LogP contribution is -2.20. The van der Waals surface area contributed by atoms with Crippen molar-refractivity contribution in [2.45, 2.75) is 32.4 Å². The summed E-state index contributed by atoms with van der Waals surface area (Å²) < 4.78 is 38.6. The maximum atomic E-state index is 12.5. The maximum Gasteiger partial charge on any atom is 0.433 e. The summed E-state index contributed by atoms with van der Waals surface area (Å²) in [7, 11) is 0. The van der Waals surface area contributed by atoms with Crippen LogP contribution in [0.15, 0.2) is 16.9 Å². The number of aromatic amines is 1. The summed E-state index contributed by atoms with van der Waals surface area (Å²) >= 11 is 0. The van der Waals surface area contributed by atoms with Crippen molar-refractivity contribution in [2.75, 3.05) is 0 Å². The number of nitrogens with one attached hydrogen (secondary N) is 1. The zero-order valence-electron chi connectivity index (χ0n) is 10.1. The quantitative estimate of drug-likeness (QED) is 0.789. The molecule has 2 aromatic heterocycles. The molecule has 0 unspecified atom stereocenters. The summed E-state index contributed by atoms with van der Waals surface area (Å²) in [4.78, 5) is 15.0. The third-order valence-corrected chi connectivity index (χ3v) is 2.55. The second-order valence-corrected chi connectivity index (χ2v) is 5.09. The van der Waals surface area contributed by atoms with E-state index < -0.39 is 17.4 Å². The van der Waals surface area contributed by atoms with Gasteiger partial charge in [-0.15, -0.1) is 0 Å². The summed E-state index contributed by atoms with van der Waals surface area (Å²) in [5.41, 5.74) is -1.64. The van der Waals surface area contributed by atoms with Crippen LogP contribution in [-0.2, 0) is 11.6 Å². The molecule has 7 heteroatoms. The molecule has 0 saturated carbocycles. The second kappa shape index (κ2) is 3.60. The molecule has 0 aliphatic carbocycles. The van der Waals surface area contributed by atoms with Crippen molar-refractivity contribution in [3.05, 3.63) is 33.9 Å². The van der Waals surface area contributed by atoms with E-state index in [1.165, 1.54) is 6.07 Å². The molecule has 0 atom stereocenters. The Labute approximate surface area is 100 Å². The number of halogens is 3. The van der Waals surface area contributed by atoms with Crippen LogP contribution in [0.2, 0.25) is 0 Å². The molecule has 0 saturated heterocycles. The van der Waals surface area contributed by atoms with Gasteiger partial charge in [0.1, 0.15) is 0 Å². The highest BCUT2D eigenvalue weighted by atomic mass is 19.4. The Balaban J connectivity index is 2.71. The van der Waals surface area contributed by atoms with Gasteiger partial charge in [0.25, 0.3) is 5.56 Å². The van der Waals surface area contributed by atoms with E-state index in [2.05, 4.69) is 10.1 Å². The van der Waals surface area contributed by atoms with E-state index in [0.717, 1.165) is 4.52 Å². The van der Waals surface area contributed by atoms with E-state index in [-0.39, 0.29) is 11.1 Å². The summed E-state index contributed by atoms with van der Waals surface area (Å²) in [6.45, 7) is 5.65. The zero-order chi connectivity index (χ0) is 13.7. The van der Waals surface area contributed by atoms with Crippen molar-refractivity contribution >= 4 is 5.65 Å². The summed E-state index contributed by atoms with van der Waals surface area (Å²) in [5.74, 6) is 0. The highest BCUT2D eigenvalue weighted by molar-refractivity contribution is 5.41. The molecule has 2 aromatic rings. The first-order chi connectivity index (χ1) is 8.09. The molecule has 0 aliphatic heterocycles. The highest BCUT2D eigenvalue weighted by Crippen LogP contribution is 2.27. The molecular weight excluding hydrogens is 247 g/mol. The topological polar surface area (TPSA) is 50.2 Å². The van der Waals surface area contributed by atoms with Crippen molar-refractivity contribution in [3.63, 3.8) is 0 Å². The average Bonchev–Trinajstić information content (AvgIpc) is 2.59. The number of aromatic nitrogens is 3. The average molecular weight is 259 g/mol. The van der Waals surface area contributed by atoms with Gasteiger partial charge >= 0.3 is 6.18 Å². The molecule has 0 aliphatic rings. The highest BCUT2D eigenvalue weighted by Gasteiger charge is 2.33. The zero-order valence-corrected chi connectivity index (χ0v) is 10.1. The van der Waals surface area contributed by atoms with Gasteiger partial charge in [0.15, 0.2) is 11.3 Å². The largest absolute Gasteiger partial charge is 0.433 e. The van der Waals surface area contributed by atoms with E-state index in [0.29, 0.717) is 11.8 Å². The minimum Gasteiger partial charge on any atom is -0.293 e. The molecular formula is C11H12F3N3O. The van der Waals surface area contributed by atoms with Gasteiger partial charge in [-0.25, -0.2) is 9.50 Å². The van der Waals surface area contributed by atoms with Gasteiger partial charge in [-0.05, 0) is 0 Å². The molecule has 0 bridgehead atoms.